The van der Waals surface area contributed by atoms with Crippen LogP contribution in [0, 0.1) is 13.8 Å². The molecule has 3 N–H and O–H groups in total. The van der Waals surface area contributed by atoms with Gasteiger partial charge in [-0.25, -0.2) is 0 Å². The van der Waals surface area contributed by atoms with Gasteiger partial charge in [0.25, 0.3) is 0 Å². The first-order valence-electron chi connectivity index (χ1n) is 7.82. The summed E-state index contributed by atoms with van der Waals surface area (Å²) in [6.07, 6.45) is 1.06. The zero-order chi connectivity index (χ0) is 16.8. The maximum Gasteiger partial charge on any atom is 0.250 e. The summed E-state index contributed by atoms with van der Waals surface area (Å²) in [6.45, 7) is 7.33. The lowest BCUT2D eigenvalue weighted by molar-refractivity contribution is -0.118. The van der Waals surface area contributed by atoms with Crippen LogP contribution in [0.1, 0.15) is 30.3 Å². The second-order valence-electron chi connectivity index (χ2n) is 5.51. The minimum absolute atomic E-state index is 0.422. The van der Waals surface area contributed by atoms with E-state index in [1.807, 2.05) is 29.8 Å². The molecule has 0 aliphatic rings. The Bertz CT molecular complexity index is 679. The van der Waals surface area contributed by atoms with E-state index in [-0.39, 0.29) is 0 Å². The molecular formula is C17H24N4O2. The Morgan fingerprint density at radius 3 is 2.74 bits per heavy atom. The van der Waals surface area contributed by atoms with E-state index in [9.17, 15) is 4.79 Å². The molecule has 1 heterocycles. The second kappa shape index (κ2) is 7.78. The third-order valence-electron chi connectivity index (χ3n) is 3.73. The predicted molar refractivity (Wildman–Crippen MR) is 91.5 cm³/mol. The molecule has 0 aliphatic carbocycles. The van der Waals surface area contributed by atoms with Crippen molar-refractivity contribution in [1.82, 2.24) is 9.78 Å². The van der Waals surface area contributed by atoms with Crippen LogP contribution in [0.5, 0.6) is 0 Å². The number of carbonyl (C=O) groups excluding carboxylic acids is 1. The fraction of sp³-hybridized carbons (Fsp3) is 0.412. The molecule has 0 saturated heterocycles. The number of aromatic nitrogens is 2. The number of aliphatic hydroxyl groups excluding tert-OH is 1. The van der Waals surface area contributed by atoms with E-state index in [0.29, 0.717) is 12.2 Å². The van der Waals surface area contributed by atoms with Gasteiger partial charge in [0.15, 0.2) is 0 Å². The Kier molecular flexibility index (Phi) is 5.76. The number of carbonyl (C=O) groups is 1. The summed E-state index contributed by atoms with van der Waals surface area (Å²) in [7, 11) is 0. The highest BCUT2D eigenvalue weighted by Gasteiger charge is 2.10. The average Bonchev–Trinajstić information content (AvgIpc) is 2.80. The third kappa shape index (κ3) is 4.32. The van der Waals surface area contributed by atoms with Crippen LogP contribution in [0.3, 0.4) is 0 Å². The van der Waals surface area contributed by atoms with Crippen molar-refractivity contribution in [1.29, 1.82) is 0 Å². The lowest BCUT2D eigenvalue weighted by Crippen LogP contribution is -2.15. The van der Waals surface area contributed by atoms with Crippen LogP contribution < -0.4 is 10.6 Å². The van der Waals surface area contributed by atoms with Crippen LogP contribution in [-0.2, 0) is 17.9 Å². The van der Waals surface area contributed by atoms with Gasteiger partial charge in [0.2, 0.25) is 5.91 Å². The molecule has 6 heteroatoms. The van der Waals surface area contributed by atoms with Gasteiger partial charge in [0, 0.05) is 35.7 Å². The maximum atomic E-state index is 11.2. The van der Waals surface area contributed by atoms with Crippen LogP contribution in [0.2, 0.25) is 0 Å². The van der Waals surface area contributed by atoms with Crippen molar-refractivity contribution in [3.8, 4) is 0 Å². The topological polar surface area (TPSA) is 79.2 Å². The minimum Gasteiger partial charge on any atom is -0.387 e. The van der Waals surface area contributed by atoms with E-state index in [4.69, 9.17) is 5.11 Å². The van der Waals surface area contributed by atoms with Gasteiger partial charge in [-0.2, -0.15) is 5.10 Å². The summed E-state index contributed by atoms with van der Waals surface area (Å²) in [6, 6.07) is 7.43. The van der Waals surface area contributed by atoms with Gasteiger partial charge < -0.3 is 15.7 Å². The molecule has 1 aromatic carbocycles. The van der Waals surface area contributed by atoms with Crippen molar-refractivity contribution < 1.29 is 9.90 Å². The Balaban J connectivity index is 2.06. The highest BCUT2D eigenvalue weighted by Crippen LogP contribution is 2.19. The van der Waals surface area contributed by atoms with E-state index in [1.54, 1.807) is 6.07 Å². The molecule has 2 aromatic rings. The molecule has 0 atom stereocenters. The number of nitrogens with zero attached hydrogens (tertiary/aromatic N) is 2. The number of aliphatic hydroxyl groups is 1. The smallest absolute Gasteiger partial charge is 0.250 e. The van der Waals surface area contributed by atoms with Gasteiger partial charge in [-0.05, 0) is 38.5 Å². The van der Waals surface area contributed by atoms with Crippen molar-refractivity contribution in [3.63, 3.8) is 0 Å². The number of rotatable bonds is 7. The van der Waals surface area contributed by atoms with E-state index < -0.39 is 12.5 Å². The number of nitrogens with one attached hydrogen (secondary N) is 2. The number of hydrogen-bond acceptors (Lipinski definition) is 4. The molecule has 1 aromatic heterocycles. The molecular weight excluding hydrogens is 292 g/mol. The van der Waals surface area contributed by atoms with Gasteiger partial charge in [-0.3, -0.25) is 9.48 Å². The van der Waals surface area contributed by atoms with Crippen molar-refractivity contribution in [2.75, 3.05) is 17.2 Å². The highest BCUT2D eigenvalue weighted by molar-refractivity contribution is 5.91. The lowest BCUT2D eigenvalue weighted by atomic mass is 10.2. The zero-order valence-corrected chi connectivity index (χ0v) is 13.9. The van der Waals surface area contributed by atoms with E-state index in [2.05, 4.69) is 29.6 Å². The maximum absolute atomic E-state index is 11.2. The van der Waals surface area contributed by atoms with E-state index in [1.165, 1.54) is 11.3 Å². The van der Waals surface area contributed by atoms with Crippen LogP contribution in [0.4, 0.5) is 11.4 Å². The minimum atomic E-state index is -0.521. The van der Waals surface area contributed by atoms with Crippen molar-refractivity contribution in [3.05, 3.63) is 41.2 Å². The molecule has 0 unspecified atom stereocenters. The van der Waals surface area contributed by atoms with Crippen LogP contribution in [-0.4, -0.2) is 27.4 Å². The monoisotopic (exact) mass is 316 g/mol. The van der Waals surface area contributed by atoms with Crippen LogP contribution >= 0.6 is 0 Å². The zero-order valence-electron chi connectivity index (χ0n) is 13.9. The predicted octanol–water partition coefficient (Wildman–Crippen LogP) is 2.45. The normalized spacial score (nSPS) is 10.6. The third-order valence-corrected chi connectivity index (χ3v) is 3.73. The Morgan fingerprint density at radius 2 is 2.04 bits per heavy atom. The molecule has 6 nitrogen and oxygen atoms in total. The molecule has 0 radical (unpaired) electrons. The lowest BCUT2D eigenvalue weighted by Gasteiger charge is -2.10. The van der Waals surface area contributed by atoms with Gasteiger partial charge >= 0.3 is 0 Å². The van der Waals surface area contributed by atoms with Gasteiger partial charge in [-0.1, -0.05) is 13.0 Å². The number of anilines is 2. The highest BCUT2D eigenvalue weighted by atomic mass is 16.3. The van der Waals surface area contributed by atoms with Gasteiger partial charge in [0.1, 0.15) is 6.61 Å². The number of aryl methyl sites for hydroxylation is 2. The summed E-state index contributed by atoms with van der Waals surface area (Å²) in [5.74, 6) is -0.422. The average molecular weight is 316 g/mol. The number of hydrogen-bond donors (Lipinski definition) is 3. The first-order valence-corrected chi connectivity index (χ1v) is 7.82. The van der Waals surface area contributed by atoms with Crippen LogP contribution in [0.25, 0.3) is 0 Å². The summed E-state index contributed by atoms with van der Waals surface area (Å²) < 4.78 is 2.05. The molecule has 0 spiro atoms. The second-order valence-corrected chi connectivity index (χ2v) is 5.51. The molecule has 0 saturated carbocycles. The SMILES string of the molecule is CCCn1nc(C)c(CNc2cccc(NC(=O)CO)c2)c1C. The first kappa shape index (κ1) is 17.0. The molecule has 0 aliphatic heterocycles. The fourth-order valence-corrected chi connectivity index (χ4v) is 2.52. The van der Waals surface area contributed by atoms with Gasteiger partial charge in [-0.15, -0.1) is 0 Å². The summed E-state index contributed by atoms with van der Waals surface area (Å²) in [4.78, 5) is 11.2. The summed E-state index contributed by atoms with van der Waals surface area (Å²) in [5, 5.41) is 19.4. The summed E-state index contributed by atoms with van der Waals surface area (Å²) >= 11 is 0. The number of benzene rings is 1. The quantitative estimate of drug-likeness (QED) is 0.733. The van der Waals surface area contributed by atoms with Crippen molar-refractivity contribution >= 4 is 17.3 Å². The number of amides is 1. The van der Waals surface area contributed by atoms with Crippen LogP contribution in [0.15, 0.2) is 24.3 Å². The molecule has 0 fully saturated rings. The van der Waals surface area contributed by atoms with Crippen molar-refractivity contribution in [2.24, 2.45) is 0 Å². The molecule has 2 rings (SSSR count). The first-order chi connectivity index (χ1) is 11.0. The van der Waals surface area contributed by atoms with Crippen molar-refractivity contribution in [2.45, 2.75) is 40.3 Å². The van der Waals surface area contributed by atoms with E-state index in [0.717, 1.165) is 24.3 Å². The largest absolute Gasteiger partial charge is 0.387 e. The van der Waals surface area contributed by atoms with E-state index >= 15 is 0 Å². The molecule has 124 valence electrons. The van der Waals surface area contributed by atoms with Gasteiger partial charge in [0.05, 0.1) is 5.69 Å². The Labute approximate surface area is 136 Å². The summed E-state index contributed by atoms with van der Waals surface area (Å²) in [5.41, 5.74) is 4.98. The molecule has 23 heavy (non-hydrogen) atoms. The fourth-order valence-electron chi connectivity index (χ4n) is 2.52. The molecule has 1 amide bonds. The standard InChI is InChI=1S/C17H24N4O2/c1-4-8-21-13(3)16(12(2)20-21)10-18-14-6-5-7-15(9-14)19-17(23)11-22/h5-7,9,18,22H,4,8,10-11H2,1-3H3,(H,19,23). The Hall–Kier alpha value is -2.34. The molecule has 0 bridgehead atoms. The Morgan fingerprint density at radius 1 is 1.30 bits per heavy atom.